The molecule has 1 aromatic carbocycles. The first-order valence-corrected chi connectivity index (χ1v) is 6.13. The lowest BCUT2D eigenvalue weighted by atomic mass is 10.0. The summed E-state index contributed by atoms with van der Waals surface area (Å²) in [5.74, 6) is 0.418. The van der Waals surface area contributed by atoms with Crippen LogP contribution in [0.5, 0.6) is 5.75 Å². The standard InChI is InChI=1S/C15H16O5/c1-9(8-16)7-11(17)14-12(19-2)5-3-10-4-6-13(18)20-15(10)14/h3-7,11,16-17H,8H2,1-2H3/b9-7+/t11-/m0/s1. The highest BCUT2D eigenvalue weighted by atomic mass is 16.5. The first kappa shape index (κ1) is 14.3. The van der Waals surface area contributed by atoms with Crippen LogP contribution in [0.15, 0.2) is 45.1 Å². The zero-order chi connectivity index (χ0) is 14.7. The minimum Gasteiger partial charge on any atom is -0.496 e. The van der Waals surface area contributed by atoms with Crippen molar-refractivity contribution in [1.29, 1.82) is 0 Å². The van der Waals surface area contributed by atoms with Gasteiger partial charge >= 0.3 is 5.63 Å². The molecule has 20 heavy (non-hydrogen) atoms. The van der Waals surface area contributed by atoms with E-state index in [2.05, 4.69) is 0 Å². The van der Waals surface area contributed by atoms with Crippen LogP contribution >= 0.6 is 0 Å². The normalized spacial score (nSPS) is 13.5. The molecule has 0 saturated carbocycles. The van der Waals surface area contributed by atoms with Crippen LogP contribution in [0.4, 0.5) is 0 Å². The van der Waals surface area contributed by atoms with Crippen molar-refractivity contribution >= 4 is 11.0 Å². The van der Waals surface area contributed by atoms with Crippen LogP contribution in [0.2, 0.25) is 0 Å². The molecule has 0 fully saturated rings. The Labute approximate surface area is 115 Å². The summed E-state index contributed by atoms with van der Waals surface area (Å²) < 4.78 is 10.4. The summed E-state index contributed by atoms with van der Waals surface area (Å²) in [5, 5.41) is 20.0. The van der Waals surface area contributed by atoms with Crippen LogP contribution < -0.4 is 10.4 Å². The Kier molecular flexibility index (Phi) is 4.22. The number of benzene rings is 1. The molecule has 5 heteroatoms. The van der Waals surface area contributed by atoms with Gasteiger partial charge in [-0.3, -0.25) is 0 Å². The van der Waals surface area contributed by atoms with Crippen molar-refractivity contribution in [3.63, 3.8) is 0 Å². The second kappa shape index (κ2) is 5.90. The molecule has 0 spiro atoms. The number of methoxy groups -OCH3 is 1. The molecule has 2 aromatic rings. The number of aliphatic hydroxyl groups excluding tert-OH is 2. The monoisotopic (exact) mass is 276 g/mol. The summed E-state index contributed by atoms with van der Waals surface area (Å²) in [7, 11) is 1.47. The molecule has 1 atom stereocenters. The van der Waals surface area contributed by atoms with Gasteiger partial charge in [0.1, 0.15) is 17.4 Å². The quantitative estimate of drug-likeness (QED) is 0.657. The van der Waals surface area contributed by atoms with Crippen LogP contribution in [-0.2, 0) is 0 Å². The number of fused-ring (bicyclic) bond motifs is 1. The van der Waals surface area contributed by atoms with E-state index in [1.165, 1.54) is 19.3 Å². The first-order chi connectivity index (χ1) is 9.56. The van der Waals surface area contributed by atoms with Gasteiger partial charge in [-0.15, -0.1) is 0 Å². The predicted molar refractivity (Wildman–Crippen MR) is 74.8 cm³/mol. The summed E-state index contributed by atoms with van der Waals surface area (Å²) >= 11 is 0. The fourth-order valence-corrected chi connectivity index (χ4v) is 2.00. The van der Waals surface area contributed by atoms with Crippen molar-refractivity contribution in [2.24, 2.45) is 0 Å². The van der Waals surface area contributed by atoms with Gasteiger partial charge in [0.2, 0.25) is 0 Å². The Hall–Kier alpha value is -2.11. The molecule has 0 unspecified atom stereocenters. The van der Waals surface area contributed by atoms with E-state index in [1.54, 1.807) is 25.1 Å². The lowest BCUT2D eigenvalue weighted by Crippen LogP contribution is -2.03. The topological polar surface area (TPSA) is 79.9 Å². The summed E-state index contributed by atoms with van der Waals surface area (Å²) in [5.41, 5.74) is 0.763. The zero-order valence-corrected chi connectivity index (χ0v) is 11.3. The van der Waals surface area contributed by atoms with Crippen LogP contribution in [0.3, 0.4) is 0 Å². The number of hydrogen-bond donors (Lipinski definition) is 2. The van der Waals surface area contributed by atoms with Gasteiger partial charge in [0.15, 0.2) is 0 Å². The molecule has 1 aromatic heterocycles. The number of aliphatic hydroxyl groups is 2. The third-order valence-corrected chi connectivity index (χ3v) is 3.00. The van der Waals surface area contributed by atoms with Crippen molar-refractivity contribution in [3.05, 3.63) is 51.9 Å². The third kappa shape index (κ3) is 2.74. The molecule has 0 aliphatic carbocycles. The van der Waals surface area contributed by atoms with Gasteiger partial charge in [0.05, 0.1) is 19.3 Å². The molecule has 1 heterocycles. The van der Waals surface area contributed by atoms with E-state index in [0.717, 1.165) is 0 Å². The van der Waals surface area contributed by atoms with E-state index in [0.29, 0.717) is 22.3 Å². The van der Waals surface area contributed by atoms with Crippen molar-refractivity contribution in [2.45, 2.75) is 13.0 Å². The Balaban J connectivity index is 2.70. The highest BCUT2D eigenvalue weighted by Crippen LogP contribution is 2.33. The van der Waals surface area contributed by atoms with Crippen LogP contribution in [0, 0.1) is 0 Å². The van der Waals surface area contributed by atoms with Crippen molar-refractivity contribution in [2.75, 3.05) is 13.7 Å². The Morgan fingerprint density at radius 1 is 1.40 bits per heavy atom. The number of rotatable bonds is 4. The van der Waals surface area contributed by atoms with E-state index < -0.39 is 11.7 Å². The van der Waals surface area contributed by atoms with Gasteiger partial charge in [-0.2, -0.15) is 0 Å². The molecule has 5 nitrogen and oxygen atoms in total. The van der Waals surface area contributed by atoms with Gasteiger partial charge in [-0.25, -0.2) is 4.79 Å². The number of ether oxygens (including phenoxy) is 1. The Morgan fingerprint density at radius 2 is 2.10 bits per heavy atom. The second-order valence-electron chi connectivity index (χ2n) is 4.47. The second-order valence-corrected chi connectivity index (χ2v) is 4.47. The van der Waals surface area contributed by atoms with Crippen molar-refractivity contribution in [3.8, 4) is 5.75 Å². The summed E-state index contributed by atoms with van der Waals surface area (Å²) in [4.78, 5) is 11.4. The molecular formula is C15H16O5. The molecular weight excluding hydrogens is 260 g/mol. The van der Waals surface area contributed by atoms with Crippen LogP contribution in [-0.4, -0.2) is 23.9 Å². The summed E-state index contributed by atoms with van der Waals surface area (Å²) in [6.45, 7) is 1.53. The molecule has 0 amide bonds. The van der Waals surface area contributed by atoms with E-state index in [1.807, 2.05) is 0 Å². The minimum absolute atomic E-state index is 0.159. The van der Waals surface area contributed by atoms with Crippen molar-refractivity contribution < 1.29 is 19.4 Å². The zero-order valence-electron chi connectivity index (χ0n) is 11.3. The van der Waals surface area contributed by atoms with E-state index >= 15 is 0 Å². The lowest BCUT2D eigenvalue weighted by molar-refractivity contribution is 0.219. The van der Waals surface area contributed by atoms with E-state index in [-0.39, 0.29) is 12.2 Å². The summed E-state index contributed by atoms with van der Waals surface area (Å²) in [6.07, 6.45) is 0.455. The lowest BCUT2D eigenvalue weighted by Gasteiger charge is -2.14. The average Bonchev–Trinajstić information content (AvgIpc) is 2.45. The first-order valence-electron chi connectivity index (χ1n) is 6.13. The predicted octanol–water partition coefficient (Wildman–Crippen LogP) is 1.77. The van der Waals surface area contributed by atoms with Gasteiger partial charge in [0, 0.05) is 11.5 Å². The molecule has 0 bridgehead atoms. The highest BCUT2D eigenvalue weighted by Gasteiger charge is 2.17. The molecule has 0 radical (unpaired) electrons. The molecule has 2 rings (SSSR count). The molecule has 106 valence electrons. The Morgan fingerprint density at radius 3 is 2.75 bits per heavy atom. The van der Waals surface area contributed by atoms with Gasteiger partial charge in [-0.1, -0.05) is 6.08 Å². The fraction of sp³-hybridized carbons (Fsp3) is 0.267. The maximum Gasteiger partial charge on any atom is 0.336 e. The van der Waals surface area contributed by atoms with Gasteiger partial charge in [0.25, 0.3) is 0 Å². The molecule has 0 aliphatic rings. The molecule has 0 aliphatic heterocycles. The maximum absolute atomic E-state index is 11.4. The van der Waals surface area contributed by atoms with Gasteiger partial charge < -0.3 is 19.4 Å². The smallest absolute Gasteiger partial charge is 0.336 e. The number of hydrogen-bond acceptors (Lipinski definition) is 5. The van der Waals surface area contributed by atoms with Gasteiger partial charge in [-0.05, 0) is 30.7 Å². The Bertz CT molecular complexity index is 699. The highest BCUT2D eigenvalue weighted by molar-refractivity contribution is 5.82. The molecule has 2 N–H and O–H groups in total. The fourth-order valence-electron chi connectivity index (χ4n) is 2.00. The van der Waals surface area contributed by atoms with E-state index in [9.17, 15) is 9.90 Å². The SMILES string of the molecule is COc1ccc2ccc(=O)oc2c1[C@@H](O)/C=C(\C)CO. The largest absolute Gasteiger partial charge is 0.496 e. The average molecular weight is 276 g/mol. The maximum atomic E-state index is 11.4. The minimum atomic E-state index is -1.04. The molecule has 0 saturated heterocycles. The third-order valence-electron chi connectivity index (χ3n) is 3.00. The van der Waals surface area contributed by atoms with E-state index in [4.69, 9.17) is 14.3 Å². The summed E-state index contributed by atoms with van der Waals surface area (Å²) in [6, 6.07) is 6.39. The van der Waals surface area contributed by atoms with Crippen molar-refractivity contribution in [1.82, 2.24) is 0 Å². The van der Waals surface area contributed by atoms with Crippen LogP contribution in [0.25, 0.3) is 11.0 Å². The van der Waals surface area contributed by atoms with Crippen LogP contribution in [0.1, 0.15) is 18.6 Å².